The van der Waals surface area contributed by atoms with Crippen LogP contribution in [-0.2, 0) is 0 Å². The van der Waals surface area contributed by atoms with Crippen LogP contribution < -0.4 is 5.32 Å². The van der Waals surface area contributed by atoms with Gasteiger partial charge in [0, 0.05) is 17.2 Å². The second kappa shape index (κ2) is 2.80. The van der Waals surface area contributed by atoms with Crippen molar-refractivity contribution in [1.29, 1.82) is 0 Å². The van der Waals surface area contributed by atoms with Gasteiger partial charge in [-0.2, -0.15) is 0 Å². The molecule has 1 N–H and O–H groups in total. The van der Waals surface area contributed by atoms with E-state index in [2.05, 4.69) is 5.32 Å². The fourth-order valence-electron chi connectivity index (χ4n) is 1.36. The van der Waals surface area contributed by atoms with Crippen LogP contribution >= 0.6 is 24.0 Å². The van der Waals surface area contributed by atoms with Gasteiger partial charge in [0.2, 0.25) is 0 Å². The van der Waals surface area contributed by atoms with Crippen LogP contribution in [0.25, 0.3) is 0 Å². The number of nitrogens with one attached hydrogen (secondary N) is 1. The second-order valence-electron chi connectivity index (χ2n) is 3.00. The Hall–Kier alpha value is 0.400. The molecule has 1 saturated carbocycles. The van der Waals surface area contributed by atoms with E-state index in [0.717, 1.165) is 12.0 Å². The Labute approximate surface area is 70.9 Å². The fourth-order valence-corrected chi connectivity index (χ4v) is 2.81. The Bertz CT molecular complexity index is 145. The lowest BCUT2D eigenvalue weighted by Crippen LogP contribution is -2.31. The van der Waals surface area contributed by atoms with Crippen LogP contribution in [0, 0.1) is 5.92 Å². The molecule has 3 heteroatoms. The van der Waals surface area contributed by atoms with Crippen molar-refractivity contribution in [3.63, 3.8) is 0 Å². The second-order valence-corrected chi connectivity index (χ2v) is 4.45. The minimum atomic E-state index is 0.459. The highest BCUT2D eigenvalue weighted by Gasteiger charge is 2.35. The van der Waals surface area contributed by atoms with Gasteiger partial charge in [-0.05, 0) is 18.8 Å². The van der Waals surface area contributed by atoms with Crippen molar-refractivity contribution in [1.82, 2.24) is 5.32 Å². The van der Waals surface area contributed by atoms with Crippen molar-refractivity contribution < 1.29 is 0 Å². The lowest BCUT2D eigenvalue weighted by molar-refractivity contribution is 0.550. The summed E-state index contributed by atoms with van der Waals surface area (Å²) in [7, 11) is 0. The highest BCUT2D eigenvalue weighted by atomic mass is 32.2. The number of rotatable bonds is 2. The highest BCUT2D eigenvalue weighted by molar-refractivity contribution is 8.01. The van der Waals surface area contributed by atoms with Crippen LogP contribution in [0.4, 0.5) is 0 Å². The summed E-state index contributed by atoms with van der Waals surface area (Å²) in [6.45, 7) is 0. The molecule has 0 bridgehead atoms. The SMILES string of the molecule is S=CC1NC(C2CC2)CS1. The summed E-state index contributed by atoms with van der Waals surface area (Å²) in [5, 5.41) is 5.80. The van der Waals surface area contributed by atoms with E-state index < -0.39 is 0 Å². The van der Waals surface area contributed by atoms with Crippen LogP contribution in [0.3, 0.4) is 0 Å². The van der Waals surface area contributed by atoms with Gasteiger partial charge in [0.1, 0.15) is 0 Å². The van der Waals surface area contributed by atoms with Gasteiger partial charge in [-0.15, -0.1) is 11.8 Å². The standard InChI is InChI=1S/C7H11NS2/c9-3-7-8-6(4-10-7)5-1-2-5/h3,5-8H,1-2,4H2. The summed E-state index contributed by atoms with van der Waals surface area (Å²) >= 11 is 6.81. The summed E-state index contributed by atoms with van der Waals surface area (Å²) in [4.78, 5) is 0. The molecule has 0 aromatic heterocycles. The Morgan fingerprint density at radius 2 is 2.30 bits per heavy atom. The molecule has 1 aliphatic heterocycles. The molecule has 56 valence electrons. The van der Waals surface area contributed by atoms with Gasteiger partial charge in [0.15, 0.2) is 0 Å². The molecule has 0 amide bonds. The molecule has 1 aliphatic carbocycles. The highest BCUT2D eigenvalue weighted by Crippen LogP contribution is 2.37. The molecule has 10 heavy (non-hydrogen) atoms. The van der Waals surface area contributed by atoms with Gasteiger partial charge < -0.3 is 0 Å². The van der Waals surface area contributed by atoms with Gasteiger partial charge in [0.05, 0.1) is 5.37 Å². The van der Waals surface area contributed by atoms with Crippen LogP contribution in [0.1, 0.15) is 12.8 Å². The van der Waals surface area contributed by atoms with Gasteiger partial charge in [-0.3, -0.25) is 5.32 Å². The van der Waals surface area contributed by atoms with E-state index in [-0.39, 0.29) is 0 Å². The third-order valence-corrected chi connectivity index (χ3v) is 3.78. The van der Waals surface area contributed by atoms with E-state index in [1.807, 2.05) is 17.1 Å². The van der Waals surface area contributed by atoms with E-state index >= 15 is 0 Å². The Kier molecular flexibility index (Phi) is 1.98. The summed E-state index contributed by atoms with van der Waals surface area (Å²) < 4.78 is 0. The van der Waals surface area contributed by atoms with Crippen molar-refractivity contribution >= 4 is 29.3 Å². The molecule has 2 aliphatic rings. The van der Waals surface area contributed by atoms with Gasteiger partial charge in [0.25, 0.3) is 0 Å². The molecule has 2 rings (SSSR count). The van der Waals surface area contributed by atoms with Gasteiger partial charge >= 0.3 is 0 Å². The van der Waals surface area contributed by atoms with Gasteiger partial charge in [-0.1, -0.05) is 12.2 Å². The zero-order valence-electron chi connectivity index (χ0n) is 5.75. The van der Waals surface area contributed by atoms with Crippen LogP contribution in [0.2, 0.25) is 0 Å². The molecule has 2 unspecified atom stereocenters. The number of thioether (sulfide) groups is 1. The zero-order chi connectivity index (χ0) is 6.97. The third-order valence-electron chi connectivity index (χ3n) is 2.15. The van der Waals surface area contributed by atoms with Crippen molar-refractivity contribution in [2.24, 2.45) is 5.92 Å². The van der Waals surface area contributed by atoms with Crippen LogP contribution in [0.15, 0.2) is 0 Å². The van der Waals surface area contributed by atoms with Crippen molar-refractivity contribution in [2.75, 3.05) is 5.75 Å². The molecule has 2 fully saturated rings. The van der Waals surface area contributed by atoms with Crippen LogP contribution in [0.5, 0.6) is 0 Å². The summed E-state index contributed by atoms with van der Waals surface area (Å²) in [5.41, 5.74) is 0. The van der Waals surface area contributed by atoms with Crippen LogP contribution in [-0.4, -0.2) is 22.5 Å². The van der Waals surface area contributed by atoms with E-state index in [0.29, 0.717) is 5.37 Å². The molecule has 0 radical (unpaired) electrons. The topological polar surface area (TPSA) is 12.0 Å². The lowest BCUT2D eigenvalue weighted by atomic mass is 10.2. The first-order valence-electron chi connectivity index (χ1n) is 3.73. The summed E-state index contributed by atoms with van der Waals surface area (Å²) in [6, 6.07) is 0.772. The minimum Gasteiger partial charge on any atom is -0.298 e. The van der Waals surface area contributed by atoms with Crippen molar-refractivity contribution in [2.45, 2.75) is 24.3 Å². The van der Waals surface area contributed by atoms with Crippen molar-refractivity contribution in [3.8, 4) is 0 Å². The Balaban J connectivity index is 1.86. The first-order valence-corrected chi connectivity index (χ1v) is 5.25. The molecular weight excluding hydrogens is 162 g/mol. The van der Waals surface area contributed by atoms with Crippen molar-refractivity contribution in [3.05, 3.63) is 0 Å². The van der Waals surface area contributed by atoms with E-state index in [4.69, 9.17) is 12.2 Å². The summed E-state index contributed by atoms with van der Waals surface area (Å²) in [6.07, 6.45) is 2.87. The zero-order valence-corrected chi connectivity index (χ0v) is 7.38. The van der Waals surface area contributed by atoms with Gasteiger partial charge in [-0.25, -0.2) is 0 Å². The number of thiocarbonyl (C=S) groups is 1. The van der Waals surface area contributed by atoms with E-state index in [9.17, 15) is 0 Å². The first kappa shape index (κ1) is 7.07. The third kappa shape index (κ3) is 1.36. The molecular formula is C7H11NS2. The average molecular weight is 173 g/mol. The molecule has 2 atom stereocenters. The van der Waals surface area contributed by atoms with E-state index in [1.54, 1.807) is 0 Å². The number of hydrogen-bond donors (Lipinski definition) is 1. The quantitative estimate of drug-likeness (QED) is 0.634. The predicted molar refractivity (Wildman–Crippen MR) is 49.5 cm³/mol. The molecule has 1 saturated heterocycles. The fraction of sp³-hybridized carbons (Fsp3) is 0.857. The average Bonchev–Trinajstić information content (AvgIpc) is 2.70. The Morgan fingerprint density at radius 1 is 1.50 bits per heavy atom. The minimum absolute atomic E-state index is 0.459. The molecule has 0 spiro atoms. The maximum Gasteiger partial charge on any atom is 0.0825 e. The molecule has 0 aromatic carbocycles. The first-order chi connectivity index (χ1) is 4.90. The largest absolute Gasteiger partial charge is 0.298 e. The lowest BCUT2D eigenvalue weighted by Gasteiger charge is -2.07. The predicted octanol–water partition coefficient (Wildman–Crippen LogP) is 1.43. The normalized spacial score (nSPS) is 40.0. The maximum atomic E-state index is 4.86. The number of hydrogen-bond acceptors (Lipinski definition) is 3. The molecule has 0 aromatic rings. The summed E-state index contributed by atoms with van der Waals surface area (Å²) in [5.74, 6) is 2.25. The molecule has 1 nitrogen and oxygen atoms in total. The Morgan fingerprint density at radius 3 is 2.80 bits per heavy atom. The monoisotopic (exact) mass is 173 g/mol. The smallest absolute Gasteiger partial charge is 0.0825 e. The molecule has 1 heterocycles. The maximum absolute atomic E-state index is 4.86. The van der Waals surface area contributed by atoms with E-state index in [1.165, 1.54) is 18.6 Å².